The SMILES string of the molecule is Cc1cc(N)ccc1-c1ccccc1-c1ccc(N)cc1-c1ccccc1. The minimum Gasteiger partial charge on any atom is -0.399 e. The molecule has 0 fully saturated rings. The lowest BCUT2D eigenvalue weighted by atomic mass is 9.88. The van der Waals surface area contributed by atoms with Crippen molar-refractivity contribution in [3.63, 3.8) is 0 Å². The number of nitrogens with two attached hydrogens (primary N) is 2. The minimum atomic E-state index is 0.763. The Morgan fingerprint density at radius 1 is 0.481 bits per heavy atom. The molecule has 2 heteroatoms. The molecule has 0 aliphatic heterocycles. The van der Waals surface area contributed by atoms with Crippen LogP contribution < -0.4 is 11.5 Å². The molecule has 0 spiro atoms. The fraction of sp³-hybridized carbons (Fsp3) is 0.0400. The second-order valence-corrected chi connectivity index (χ2v) is 6.79. The van der Waals surface area contributed by atoms with Crippen molar-refractivity contribution in [1.82, 2.24) is 0 Å². The molecule has 0 saturated heterocycles. The van der Waals surface area contributed by atoms with Gasteiger partial charge in [0.15, 0.2) is 0 Å². The highest BCUT2D eigenvalue weighted by molar-refractivity contribution is 5.93. The predicted molar refractivity (Wildman–Crippen MR) is 116 cm³/mol. The molecule has 0 saturated carbocycles. The Morgan fingerprint density at radius 3 is 1.67 bits per heavy atom. The molecule has 27 heavy (non-hydrogen) atoms. The fourth-order valence-corrected chi connectivity index (χ4v) is 3.60. The normalized spacial score (nSPS) is 10.7. The van der Waals surface area contributed by atoms with Gasteiger partial charge in [-0.25, -0.2) is 0 Å². The third kappa shape index (κ3) is 3.30. The number of nitrogen functional groups attached to an aromatic ring is 2. The van der Waals surface area contributed by atoms with Gasteiger partial charge in [-0.05, 0) is 70.1 Å². The maximum atomic E-state index is 6.12. The van der Waals surface area contributed by atoms with Gasteiger partial charge in [-0.2, -0.15) is 0 Å². The van der Waals surface area contributed by atoms with Gasteiger partial charge >= 0.3 is 0 Å². The second-order valence-electron chi connectivity index (χ2n) is 6.79. The monoisotopic (exact) mass is 350 g/mol. The maximum absolute atomic E-state index is 6.12. The van der Waals surface area contributed by atoms with Crippen LogP contribution in [0.4, 0.5) is 11.4 Å². The van der Waals surface area contributed by atoms with Gasteiger partial charge in [-0.3, -0.25) is 0 Å². The Kier molecular flexibility index (Phi) is 4.39. The largest absolute Gasteiger partial charge is 0.399 e. The minimum absolute atomic E-state index is 0.763. The fourth-order valence-electron chi connectivity index (χ4n) is 3.60. The van der Waals surface area contributed by atoms with Gasteiger partial charge in [0.1, 0.15) is 0 Å². The van der Waals surface area contributed by atoms with Crippen molar-refractivity contribution in [1.29, 1.82) is 0 Å². The van der Waals surface area contributed by atoms with Gasteiger partial charge < -0.3 is 11.5 Å². The van der Waals surface area contributed by atoms with E-state index in [-0.39, 0.29) is 0 Å². The zero-order chi connectivity index (χ0) is 18.8. The second kappa shape index (κ2) is 7.00. The first-order valence-electron chi connectivity index (χ1n) is 9.04. The van der Waals surface area contributed by atoms with Gasteiger partial charge in [-0.15, -0.1) is 0 Å². The highest BCUT2D eigenvalue weighted by Gasteiger charge is 2.14. The smallest absolute Gasteiger partial charge is 0.0320 e. The number of aryl methyl sites for hydroxylation is 1. The third-order valence-electron chi connectivity index (χ3n) is 4.89. The third-order valence-corrected chi connectivity index (χ3v) is 4.89. The highest BCUT2D eigenvalue weighted by Crippen LogP contribution is 2.40. The van der Waals surface area contributed by atoms with Gasteiger partial charge in [0.25, 0.3) is 0 Å². The van der Waals surface area contributed by atoms with Crippen molar-refractivity contribution in [3.8, 4) is 33.4 Å². The lowest BCUT2D eigenvalue weighted by Crippen LogP contribution is -1.94. The maximum Gasteiger partial charge on any atom is 0.0320 e. The van der Waals surface area contributed by atoms with Gasteiger partial charge in [-0.1, -0.05) is 66.7 Å². The van der Waals surface area contributed by atoms with E-state index in [1.165, 1.54) is 27.8 Å². The summed E-state index contributed by atoms with van der Waals surface area (Å²) < 4.78 is 0. The van der Waals surface area contributed by atoms with Crippen LogP contribution in [0.5, 0.6) is 0 Å². The summed E-state index contributed by atoms with van der Waals surface area (Å²) in [6.07, 6.45) is 0. The summed E-state index contributed by atoms with van der Waals surface area (Å²) in [5, 5.41) is 0. The van der Waals surface area contributed by atoms with Crippen molar-refractivity contribution in [2.45, 2.75) is 6.92 Å². The topological polar surface area (TPSA) is 52.0 Å². The van der Waals surface area contributed by atoms with Crippen molar-refractivity contribution in [2.24, 2.45) is 0 Å². The van der Waals surface area contributed by atoms with Crippen LogP contribution in [0.2, 0.25) is 0 Å². The molecule has 0 aromatic heterocycles. The molecule has 0 aliphatic carbocycles. The van der Waals surface area contributed by atoms with E-state index in [2.05, 4.69) is 73.7 Å². The van der Waals surface area contributed by atoms with Crippen LogP contribution in [0.3, 0.4) is 0 Å². The molecule has 0 unspecified atom stereocenters. The molecule has 0 aliphatic rings. The van der Waals surface area contributed by atoms with Gasteiger partial charge in [0, 0.05) is 11.4 Å². The zero-order valence-corrected chi connectivity index (χ0v) is 15.3. The molecule has 4 N–H and O–H groups in total. The first-order chi connectivity index (χ1) is 13.1. The van der Waals surface area contributed by atoms with E-state index in [1.807, 2.05) is 24.3 Å². The Balaban J connectivity index is 1.96. The van der Waals surface area contributed by atoms with E-state index in [1.54, 1.807) is 0 Å². The molecule has 4 aromatic carbocycles. The summed E-state index contributed by atoms with van der Waals surface area (Å²) in [6.45, 7) is 2.10. The van der Waals surface area contributed by atoms with E-state index < -0.39 is 0 Å². The Morgan fingerprint density at radius 2 is 1.00 bits per heavy atom. The summed E-state index contributed by atoms with van der Waals surface area (Å²) in [7, 11) is 0. The molecule has 4 rings (SSSR count). The molecule has 4 aromatic rings. The van der Waals surface area contributed by atoms with Crippen molar-refractivity contribution in [2.75, 3.05) is 11.5 Å². The molecule has 2 nitrogen and oxygen atoms in total. The standard InChI is InChI=1S/C25H22N2/c1-17-15-19(26)11-13-21(17)22-9-5-6-10-23(22)24-14-12-20(27)16-25(24)18-7-3-2-4-8-18/h2-16H,26-27H2,1H3. The Bertz CT molecular complexity index is 1100. The first-order valence-corrected chi connectivity index (χ1v) is 9.04. The summed E-state index contributed by atoms with van der Waals surface area (Å²) in [6, 6.07) is 31.1. The number of benzene rings is 4. The molecule has 0 amide bonds. The summed E-state index contributed by atoms with van der Waals surface area (Å²) in [5.41, 5.74) is 21.8. The molecular weight excluding hydrogens is 328 g/mol. The van der Waals surface area contributed by atoms with Crippen LogP contribution in [0.25, 0.3) is 33.4 Å². The highest BCUT2D eigenvalue weighted by atomic mass is 14.5. The van der Waals surface area contributed by atoms with E-state index >= 15 is 0 Å². The lowest BCUT2D eigenvalue weighted by Gasteiger charge is -2.17. The number of anilines is 2. The first kappa shape index (κ1) is 16.9. The lowest BCUT2D eigenvalue weighted by molar-refractivity contribution is 1.45. The Labute approximate surface area is 160 Å². The Hall–Kier alpha value is -3.52. The van der Waals surface area contributed by atoms with E-state index in [0.29, 0.717) is 0 Å². The summed E-state index contributed by atoms with van der Waals surface area (Å²) in [5.74, 6) is 0. The van der Waals surface area contributed by atoms with Gasteiger partial charge in [0.05, 0.1) is 0 Å². The molecule has 0 bridgehead atoms. The van der Waals surface area contributed by atoms with Crippen LogP contribution in [0.1, 0.15) is 5.56 Å². The van der Waals surface area contributed by atoms with Crippen molar-refractivity contribution in [3.05, 3.63) is 96.6 Å². The quantitative estimate of drug-likeness (QED) is 0.435. The van der Waals surface area contributed by atoms with Crippen LogP contribution in [0, 0.1) is 6.92 Å². The van der Waals surface area contributed by atoms with Crippen molar-refractivity contribution >= 4 is 11.4 Å². The summed E-state index contributed by atoms with van der Waals surface area (Å²) >= 11 is 0. The number of hydrogen-bond donors (Lipinski definition) is 2. The molecule has 0 heterocycles. The van der Waals surface area contributed by atoms with Crippen LogP contribution in [0.15, 0.2) is 91.0 Å². The van der Waals surface area contributed by atoms with Crippen LogP contribution >= 0.6 is 0 Å². The number of hydrogen-bond acceptors (Lipinski definition) is 2. The average molecular weight is 350 g/mol. The van der Waals surface area contributed by atoms with E-state index in [0.717, 1.165) is 22.5 Å². The zero-order valence-electron chi connectivity index (χ0n) is 15.3. The van der Waals surface area contributed by atoms with E-state index in [4.69, 9.17) is 11.5 Å². The number of rotatable bonds is 3. The van der Waals surface area contributed by atoms with Crippen LogP contribution in [-0.2, 0) is 0 Å². The molecule has 132 valence electrons. The van der Waals surface area contributed by atoms with Crippen LogP contribution in [-0.4, -0.2) is 0 Å². The summed E-state index contributed by atoms with van der Waals surface area (Å²) in [4.78, 5) is 0. The molecule has 0 atom stereocenters. The average Bonchev–Trinajstić information content (AvgIpc) is 2.69. The van der Waals surface area contributed by atoms with Gasteiger partial charge in [0.2, 0.25) is 0 Å². The predicted octanol–water partition coefficient (Wildman–Crippen LogP) is 6.16. The molecule has 0 radical (unpaired) electrons. The van der Waals surface area contributed by atoms with Crippen molar-refractivity contribution < 1.29 is 0 Å². The molecular formula is C25H22N2. The van der Waals surface area contributed by atoms with E-state index in [9.17, 15) is 0 Å².